The van der Waals surface area contributed by atoms with Crippen molar-refractivity contribution in [3.05, 3.63) is 35.9 Å². The highest BCUT2D eigenvalue weighted by atomic mass is 32.2. The van der Waals surface area contributed by atoms with Crippen molar-refractivity contribution in [3.63, 3.8) is 0 Å². The number of rotatable bonds is 7. The van der Waals surface area contributed by atoms with E-state index in [2.05, 4.69) is 5.32 Å². The van der Waals surface area contributed by atoms with Gasteiger partial charge in [-0.15, -0.1) is 0 Å². The Morgan fingerprint density at radius 1 is 1.33 bits per heavy atom. The Bertz CT molecular complexity index is 481. The van der Waals surface area contributed by atoms with Crippen molar-refractivity contribution in [2.24, 2.45) is 5.73 Å². The molecule has 1 aromatic rings. The van der Waals surface area contributed by atoms with Gasteiger partial charge in [0, 0.05) is 35.4 Å². The average Bonchev–Trinajstić information content (AvgIpc) is 2.97. The molecule has 0 saturated carbocycles. The first-order valence-electron chi connectivity index (χ1n) is 7.21. The van der Waals surface area contributed by atoms with Crippen molar-refractivity contribution < 1.29 is 13.7 Å². The lowest BCUT2D eigenvalue weighted by Gasteiger charge is -2.12. The van der Waals surface area contributed by atoms with Crippen molar-refractivity contribution in [2.45, 2.75) is 30.8 Å². The number of hydrogen-bond acceptors (Lipinski definition) is 4. The number of nitrogens with one attached hydrogen (secondary N) is 1. The molecule has 1 heterocycles. The van der Waals surface area contributed by atoms with Gasteiger partial charge in [-0.2, -0.15) is 0 Å². The van der Waals surface area contributed by atoms with Crippen molar-refractivity contribution in [1.29, 1.82) is 0 Å². The van der Waals surface area contributed by atoms with E-state index in [4.69, 9.17) is 10.5 Å². The van der Waals surface area contributed by atoms with E-state index in [0.29, 0.717) is 31.0 Å². The minimum absolute atomic E-state index is 0.00652. The van der Waals surface area contributed by atoms with Gasteiger partial charge in [-0.05, 0) is 18.4 Å². The van der Waals surface area contributed by atoms with Crippen LogP contribution in [0.25, 0.3) is 0 Å². The number of nitrogens with two attached hydrogens (primary N) is 1. The molecule has 0 spiro atoms. The van der Waals surface area contributed by atoms with Gasteiger partial charge >= 0.3 is 0 Å². The third kappa shape index (κ3) is 5.22. The van der Waals surface area contributed by atoms with Crippen LogP contribution in [-0.4, -0.2) is 41.2 Å². The highest BCUT2D eigenvalue weighted by molar-refractivity contribution is 7.84. The van der Waals surface area contributed by atoms with Crippen LogP contribution in [-0.2, 0) is 26.1 Å². The molecule has 1 aliphatic rings. The molecule has 1 amide bonds. The van der Waals surface area contributed by atoms with Gasteiger partial charge in [0.1, 0.15) is 6.10 Å². The molecule has 1 aliphatic heterocycles. The summed E-state index contributed by atoms with van der Waals surface area (Å²) in [5.41, 5.74) is 6.56. The summed E-state index contributed by atoms with van der Waals surface area (Å²) in [4.78, 5) is 11.9. The highest BCUT2D eigenvalue weighted by Crippen LogP contribution is 2.18. The van der Waals surface area contributed by atoms with E-state index >= 15 is 0 Å². The normalized spacial score (nSPS) is 22.9. The smallest absolute Gasteiger partial charge is 0.249 e. The fraction of sp³-hybridized carbons (Fsp3) is 0.533. The first-order chi connectivity index (χ1) is 10.2. The predicted octanol–water partition coefficient (Wildman–Crippen LogP) is 0.558. The molecule has 1 aromatic carbocycles. The van der Waals surface area contributed by atoms with Crippen LogP contribution in [0.3, 0.4) is 0 Å². The fourth-order valence-corrected chi connectivity index (χ4v) is 3.34. The lowest BCUT2D eigenvalue weighted by molar-refractivity contribution is -0.131. The maximum Gasteiger partial charge on any atom is 0.249 e. The lowest BCUT2D eigenvalue weighted by Crippen LogP contribution is -2.37. The maximum atomic E-state index is 11.9. The third-order valence-corrected chi connectivity index (χ3v) is 4.78. The van der Waals surface area contributed by atoms with Gasteiger partial charge < -0.3 is 15.8 Å². The van der Waals surface area contributed by atoms with Crippen LogP contribution in [0.15, 0.2) is 30.3 Å². The first kappa shape index (κ1) is 16.1. The van der Waals surface area contributed by atoms with E-state index < -0.39 is 16.9 Å². The average molecular weight is 310 g/mol. The Kier molecular flexibility index (Phi) is 6.35. The van der Waals surface area contributed by atoms with Gasteiger partial charge in [0.25, 0.3) is 0 Å². The molecule has 0 aliphatic carbocycles. The van der Waals surface area contributed by atoms with E-state index in [-0.39, 0.29) is 12.0 Å². The molecule has 21 heavy (non-hydrogen) atoms. The zero-order valence-electron chi connectivity index (χ0n) is 12.0. The molecular weight excluding hydrogens is 288 g/mol. The summed E-state index contributed by atoms with van der Waals surface area (Å²) in [6, 6.07) is 9.70. The molecule has 5 nitrogen and oxygen atoms in total. The molecule has 2 rings (SSSR count). The predicted molar refractivity (Wildman–Crippen MR) is 83.1 cm³/mol. The maximum absolute atomic E-state index is 11.9. The Morgan fingerprint density at radius 3 is 2.76 bits per heavy atom. The van der Waals surface area contributed by atoms with E-state index in [0.717, 1.165) is 12.0 Å². The SMILES string of the molecule is NC[C@H]1CC[C@@H](C(=O)NCCS(=O)Cc2ccccc2)O1. The number of benzene rings is 1. The summed E-state index contributed by atoms with van der Waals surface area (Å²) in [6.45, 7) is 0.857. The molecule has 0 bridgehead atoms. The Hall–Kier alpha value is -1.24. The molecule has 3 N–H and O–H groups in total. The second-order valence-corrected chi connectivity index (χ2v) is 6.70. The molecule has 6 heteroatoms. The number of carbonyl (C=O) groups is 1. The second-order valence-electron chi connectivity index (χ2n) is 5.12. The Morgan fingerprint density at radius 2 is 2.10 bits per heavy atom. The van der Waals surface area contributed by atoms with Crippen LogP contribution in [0.1, 0.15) is 18.4 Å². The fourth-order valence-electron chi connectivity index (χ4n) is 2.31. The van der Waals surface area contributed by atoms with E-state index in [9.17, 15) is 9.00 Å². The first-order valence-corrected chi connectivity index (χ1v) is 8.70. The number of amides is 1. The summed E-state index contributed by atoms with van der Waals surface area (Å²) in [5.74, 6) is 0.849. The van der Waals surface area contributed by atoms with Crippen LogP contribution in [0.5, 0.6) is 0 Å². The van der Waals surface area contributed by atoms with Gasteiger partial charge in [0.15, 0.2) is 0 Å². The number of carbonyl (C=O) groups excluding carboxylic acids is 1. The summed E-state index contributed by atoms with van der Waals surface area (Å²) in [5, 5.41) is 2.79. The van der Waals surface area contributed by atoms with Crippen LogP contribution in [0, 0.1) is 0 Å². The molecule has 1 unspecified atom stereocenters. The summed E-state index contributed by atoms with van der Waals surface area (Å²) in [6.07, 6.45) is 1.13. The largest absolute Gasteiger partial charge is 0.364 e. The van der Waals surface area contributed by atoms with Crippen LogP contribution >= 0.6 is 0 Å². The van der Waals surface area contributed by atoms with Crippen molar-refractivity contribution >= 4 is 16.7 Å². The Balaban J connectivity index is 1.65. The molecule has 1 saturated heterocycles. The lowest BCUT2D eigenvalue weighted by atomic mass is 10.2. The number of ether oxygens (including phenoxy) is 1. The molecule has 0 aromatic heterocycles. The molecule has 116 valence electrons. The van der Waals surface area contributed by atoms with E-state index in [1.165, 1.54) is 0 Å². The van der Waals surface area contributed by atoms with Crippen LogP contribution < -0.4 is 11.1 Å². The highest BCUT2D eigenvalue weighted by Gasteiger charge is 2.29. The van der Waals surface area contributed by atoms with Gasteiger partial charge in [-0.25, -0.2) is 0 Å². The van der Waals surface area contributed by atoms with Gasteiger partial charge in [-0.3, -0.25) is 9.00 Å². The minimum atomic E-state index is -0.973. The summed E-state index contributed by atoms with van der Waals surface area (Å²) in [7, 11) is -0.973. The zero-order chi connectivity index (χ0) is 15.1. The van der Waals surface area contributed by atoms with Crippen molar-refractivity contribution in [2.75, 3.05) is 18.8 Å². The van der Waals surface area contributed by atoms with Crippen molar-refractivity contribution in [1.82, 2.24) is 5.32 Å². The van der Waals surface area contributed by atoms with Crippen LogP contribution in [0.4, 0.5) is 0 Å². The molecule has 1 fully saturated rings. The zero-order valence-corrected chi connectivity index (χ0v) is 12.8. The minimum Gasteiger partial charge on any atom is -0.364 e. The van der Waals surface area contributed by atoms with E-state index in [1.54, 1.807) is 0 Å². The van der Waals surface area contributed by atoms with Crippen molar-refractivity contribution in [3.8, 4) is 0 Å². The van der Waals surface area contributed by atoms with E-state index in [1.807, 2.05) is 30.3 Å². The number of hydrogen-bond donors (Lipinski definition) is 2. The molecule has 0 radical (unpaired) electrons. The molecular formula is C15H22N2O3S. The summed E-state index contributed by atoms with van der Waals surface area (Å²) < 4.78 is 17.4. The Labute approximate surface area is 127 Å². The second kappa shape index (κ2) is 8.26. The van der Waals surface area contributed by atoms with Gasteiger partial charge in [0.2, 0.25) is 5.91 Å². The van der Waals surface area contributed by atoms with Gasteiger partial charge in [0.05, 0.1) is 6.10 Å². The standard InChI is InChI=1S/C15H22N2O3S/c16-10-13-6-7-14(20-13)15(18)17-8-9-21(19)11-12-4-2-1-3-5-12/h1-5,13-14H,6-11,16H2,(H,17,18)/t13-,14+,21?/m1/s1. The third-order valence-electron chi connectivity index (χ3n) is 3.46. The molecule has 3 atom stereocenters. The van der Waals surface area contributed by atoms with Crippen LogP contribution in [0.2, 0.25) is 0 Å². The topological polar surface area (TPSA) is 81.4 Å². The quantitative estimate of drug-likeness (QED) is 0.771. The monoisotopic (exact) mass is 310 g/mol. The van der Waals surface area contributed by atoms with Gasteiger partial charge in [-0.1, -0.05) is 30.3 Å². The summed E-state index contributed by atoms with van der Waals surface area (Å²) >= 11 is 0.